The van der Waals surface area contributed by atoms with E-state index in [0.717, 1.165) is 43.5 Å². The predicted octanol–water partition coefficient (Wildman–Crippen LogP) is 4.07. The van der Waals surface area contributed by atoms with Crippen molar-refractivity contribution in [3.05, 3.63) is 41.3 Å². The van der Waals surface area contributed by atoms with Crippen LogP contribution in [0, 0.1) is 13.8 Å². The molecule has 0 N–H and O–H groups in total. The molecule has 0 spiro atoms. The first-order chi connectivity index (χ1) is 17.2. The Morgan fingerprint density at radius 1 is 1.14 bits per heavy atom. The summed E-state index contributed by atoms with van der Waals surface area (Å²) in [6.07, 6.45) is 4.53. The molecule has 194 valence electrons. The number of methoxy groups -OCH3 is 1. The first kappa shape index (κ1) is 26.1. The Bertz CT molecular complexity index is 1380. The maximum Gasteiger partial charge on any atom is 0.274 e. The van der Waals surface area contributed by atoms with Gasteiger partial charge in [-0.2, -0.15) is 9.40 Å². The molecular formula is C26H35N5O4S. The van der Waals surface area contributed by atoms with Gasteiger partial charge in [0.15, 0.2) is 11.3 Å². The van der Waals surface area contributed by atoms with Crippen LogP contribution in [0.3, 0.4) is 0 Å². The fourth-order valence-electron chi connectivity index (χ4n) is 4.69. The number of carbonyl (C=O) groups excluding carboxylic acids is 1. The summed E-state index contributed by atoms with van der Waals surface area (Å²) in [5.41, 5.74) is 3.48. The van der Waals surface area contributed by atoms with E-state index in [1.807, 2.05) is 19.9 Å². The molecule has 1 amide bonds. The standard InChI is InChI=1S/C26H35N5O4S/c1-6-7-13-29(4)26(32)24-23(25-27-18(2)16-19(3)31(25)28-24)20-11-12-21(35-5)22(17-20)36(33,34)30-14-9-8-10-15-30/h11-12,16-17H,6-10,13-15H2,1-5H3. The van der Waals surface area contributed by atoms with Gasteiger partial charge in [-0.25, -0.2) is 17.9 Å². The molecule has 0 unspecified atom stereocenters. The number of unbranched alkanes of at least 4 members (excludes halogenated alkanes) is 1. The third-order valence-corrected chi connectivity index (χ3v) is 8.60. The number of fused-ring (bicyclic) bond motifs is 1. The number of ether oxygens (including phenoxy) is 1. The van der Waals surface area contributed by atoms with Crippen LogP contribution in [0.25, 0.3) is 16.8 Å². The molecule has 2 aromatic heterocycles. The van der Waals surface area contributed by atoms with Gasteiger partial charge in [-0.3, -0.25) is 4.79 Å². The summed E-state index contributed by atoms with van der Waals surface area (Å²) in [5, 5.41) is 4.65. The number of sulfonamides is 1. The van der Waals surface area contributed by atoms with E-state index < -0.39 is 10.0 Å². The lowest BCUT2D eigenvalue weighted by Crippen LogP contribution is -2.35. The van der Waals surface area contributed by atoms with E-state index in [2.05, 4.69) is 12.0 Å². The molecule has 0 saturated carbocycles. The summed E-state index contributed by atoms with van der Waals surface area (Å²) in [7, 11) is -0.559. The first-order valence-electron chi connectivity index (χ1n) is 12.5. The molecule has 0 bridgehead atoms. The minimum absolute atomic E-state index is 0.0888. The van der Waals surface area contributed by atoms with Crippen LogP contribution >= 0.6 is 0 Å². The van der Waals surface area contributed by atoms with Gasteiger partial charge in [0, 0.05) is 38.1 Å². The number of amides is 1. The largest absolute Gasteiger partial charge is 0.495 e. The van der Waals surface area contributed by atoms with Gasteiger partial charge >= 0.3 is 0 Å². The minimum atomic E-state index is -3.78. The lowest BCUT2D eigenvalue weighted by molar-refractivity contribution is 0.0788. The van der Waals surface area contributed by atoms with E-state index in [-0.39, 0.29) is 22.2 Å². The van der Waals surface area contributed by atoms with Crippen molar-refractivity contribution < 1.29 is 17.9 Å². The Balaban J connectivity index is 1.93. The lowest BCUT2D eigenvalue weighted by atomic mass is 10.0. The summed E-state index contributed by atoms with van der Waals surface area (Å²) in [5.74, 6) is 0.0475. The van der Waals surface area contributed by atoms with Crippen LogP contribution < -0.4 is 4.74 Å². The molecule has 10 heteroatoms. The van der Waals surface area contributed by atoms with Crippen molar-refractivity contribution in [2.75, 3.05) is 33.8 Å². The van der Waals surface area contributed by atoms with Crippen LogP contribution in [-0.4, -0.2) is 71.9 Å². The summed E-state index contributed by atoms with van der Waals surface area (Å²) >= 11 is 0. The van der Waals surface area contributed by atoms with Crippen molar-refractivity contribution >= 4 is 21.6 Å². The quantitative estimate of drug-likeness (QED) is 0.451. The molecule has 3 heterocycles. The summed E-state index contributed by atoms with van der Waals surface area (Å²) in [6.45, 7) is 7.45. The van der Waals surface area contributed by atoms with Gasteiger partial charge in [-0.05, 0) is 56.9 Å². The Morgan fingerprint density at radius 2 is 1.86 bits per heavy atom. The summed E-state index contributed by atoms with van der Waals surface area (Å²) in [6, 6.07) is 6.92. The molecule has 0 radical (unpaired) electrons. The Labute approximate surface area is 213 Å². The van der Waals surface area contributed by atoms with Gasteiger partial charge in [0.25, 0.3) is 5.91 Å². The lowest BCUT2D eigenvalue weighted by Gasteiger charge is -2.26. The molecular weight excluding hydrogens is 478 g/mol. The maximum atomic E-state index is 13.6. The zero-order valence-corrected chi connectivity index (χ0v) is 22.6. The molecule has 0 aliphatic carbocycles. The van der Waals surface area contributed by atoms with Gasteiger partial charge in [0.2, 0.25) is 10.0 Å². The Morgan fingerprint density at radius 3 is 2.53 bits per heavy atom. The zero-order valence-electron chi connectivity index (χ0n) is 21.7. The van der Waals surface area contributed by atoms with Gasteiger partial charge in [-0.15, -0.1) is 0 Å². The molecule has 1 aliphatic heterocycles. The molecule has 1 aromatic carbocycles. The molecule has 4 rings (SSSR count). The summed E-state index contributed by atoms with van der Waals surface area (Å²) < 4.78 is 35.9. The van der Waals surface area contributed by atoms with E-state index in [1.54, 1.807) is 34.7 Å². The van der Waals surface area contributed by atoms with Crippen molar-refractivity contribution in [2.45, 2.75) is 57.8 Å². The Kier molecular flexibility index (Phi) is 7.65. The van der Waals surface area contributed by atoms with Gasteiger partial charge in [0.05, 0.1) is 12.7 Å². The highest BCUT2D eigenvalue weighted by Gasteiger charge is 2.31. The van der Waals surface area contributed by atoms with Crippen molar-refractivity contribution in [3.8, 4) is 16.9 Å². The maximum absolute atomic E-state index is 13.6. The normalized spacial score (nSPS) is 14.8. The van der Waals surface area contributed by atoms with Gasteiger partial charge in [0.1, 0.15) is 10.6 Å². The highest BCUT2D eigenvalue weighted by molar-refractivity contribution is 7.89. The van der Waals surface area contributed by atoms with E-state index in [0.29, 0.717) is 36.4 Å². The molecule has 1 fully saturated rings. The number of benzene rings is 1. The Hall–Kier alpha value is -2.98. The molecule has 9 nitrogen and oxygen atoms in total. The van der Waals surface area contributed by atoms with Crippen LogP contribution in [0.15, 0.2) is 29.2 Å². The van der Waals surface area contributed by atoms with Crippen molar-refractivity contribution in [3.63, 3.8) is 0 Å². The highest BCUT2D eigenvalue weighted by Crippen LogP contribution is 2.36. The van der Waals surface area contributed by atoms with Crippen LogP contribution in [-0.2, 0) is 10.0 Å². The smallest absolute Gasteiger partial charge is 0.274 e. The number of hydrogen-bond donors (Lipinski definition) is 0. The van der Waals surface area contributed by atoms with Crippen molar-refractivity contribution in [2.24, 2.45) is 0 Å². The predicted molar refractivity (Wildman–Crippen MR) is 139 cm³/mol. The molecule has 3 aromatic rings. The van der Waals surface area contributed by atoms with Gasteiger partial charge in [-0.1, -0.05) is 25.8 Å². The van der Waals surface area contributed by atoms with Crippen LogP contribution in [0.2, 0.25) is 0 Å². The van der Waals surface area contributed by atoms with Crippen LogP contribution in [0.4, 0.5) is 0 Å². The molecule has 1 saturated heterocycles. The average molecular weight is 514 g/mol. The van der Waals surface area contributed by atoms with E-state index >= 15 is 0 Å². The van der Waals surface area contributed by atoms with E-state index in [4.69, 9.17) is 9.72 Å². The third kappa shape index (κ3) is 4.84. The number of rotatable bonds is 8. The topological polar surface area (TPSA) is 97.1 Å². The minimum Gasteiger partial charge on any atom is -0.495 e. The van der Waals surface area contributed by atoms with Crippen LogP contribution in [0.1, 0.15) is 60.9 Å². The second kappa shape index (κ2) is 10.6. The second-order valence-electron chi connectivity index (χ2n) is 9.41. The zero-order chi connectivity index (χ0) is 26.0. The molecule has 36 heavy (non-hydrogen) atoms. The number of aryl methyl sites for hydroxylation is 2. The number of hydrogen-bond acceptors (Lipinski definition) is 6. The molecule has 0 atom stereocenters. The van der Waals surface area contributed by atoms with E-state index in [1.165, 1.54) is 11.4 Å². The van der Waals surface area contributed by atoms with E-state index in [9.17, 15) is 13.2 Å². The van der Waals surface area contributed by atoms with Crippen molar-refractivity contribution in [1.29, 1.82) is 0 Å². The summed E-state index contributed by atoms with van der Waals surface area (Å²) in [4.78, 5) is 20.0. The second-order valence-corrected chi connectivity index (χ2v) is 11.3. The first-order valence-corrected chi connectivity index (χ1v) is 13.9. The fourth-order valence-corrected chi connectivity index (χ4v) is 6.39. The third-order valence-electron chi connectivity index (χ3n) is 6.68. The SMILES string of the molecule is CCCCN(C)C(=O)c1nn2c(C)cc(C)nc2c1-c1ccc(OC)c(S(=O)(=O)N2CCCCC2)c1. The van der Waals surface area contributed by atoms with Gasteiger partial charge < -0.3 is 9.64 Å². The number of aromatic nitrogens is 3. The number of piperidine rings is 1. The monoisotopic (exact) mass is 513 g/mol. The highest BCUT2D eigenvalue weighted by atomic mass is 32.2. The molecule has 1 aliphatic rings. The van der Waals surface area contributed by atoms with Crippen molar-refractivity contribution in [1.82, 2.24) is 23.8 Å². The average Bonchev–Trinajstić information content (AvgIpc) is 3.26. The number of nitrogens with zero attached hydrogens (tertiary/aromatic N) is 5. The van der Waals surface area contributed by atoms with Crippen LogP contribution in [0.5, 0.6) is 5.75 Å². The fraction of sp³-hybridized carbons (Fsp3) is 0.500. The number of carbonyl (C=O) groups is 1.